The summed E-state index contributed by atoms with van der Waals surface area (Å²) in [6.07, 6.45) is 4.07. The van der Waals surface area contributed by atoms with Gasteiger partial charge in [0, 0.05) is 45.8 Å². The lowest BCUT2D eigenvalue weighted by Crippen LogP contribution is -2.49. The van der Waals surface area contributed by atoms with E-state index in [1.54, 1.807) is 0 Å². The third-order valence-electron chi connectivity index (χ3n) is 4.85. The van der Waals surface area contributed by atoms with Gasteiger partial charge >= 0.3 is 0 Å². The van der Waals surface area contributed by atoms with Gasteiger partial charge in [-0.3, -0.25) is 9.69 Å². The molecule has 2 aliphatic heterocycles. The van der Waals surface area contributed by atoms with Crippen LogP contribution in [0.3, 0.4) is 0 Å². The molecule has 1 aromatic rings. The molecule has 1 unspecified atom stereocenters. The maximum absolute atomic E-state index is 12.3. The molecule has 5 nitrogen and oxygen atoms in total. The van der Waals surface area contributed by atoms with Crippen LogP contribution >= 0.6 is 0 Å². The van der Waals surface area contributed by atoms with Crippen LogP contribution in [0, 0.1) is 0 Å². The first-order valence-electron chi connectivity index (χ1n) is 9.11. The van der Waals surface area contributed by atoms with Crippen molar-refractivity contribution in [1.82, 2.24) is 9.80 Å². The molecule has 2 aliphatic rings. The van der Waals surface area contributed by atoms with E-state index >= 15 is 0 Å². The minimum atomic E-state index is 0.283. The Hall–Kier alpha value is -1.59. The molecule has 132 valence electrons. The summed E-state index contributed by atoms with van der Waals surface area (Å²) < 4.78 is 11.3. The van der Waals surface area contributed by atoms with Crippen molar-refractivity contribution >= 4 is 5.91 Å². The van der Waals surface area contributed by atoms with E-state index in [2.05, 4.69) is 4.90 Å². The minimum absolute atomic E-state index is 0.283. The second-order valence-electron chi connectivity index (χ2n) is 6.56. The normalized spacial score (nSPS) is 21.8. The average molecular weight is 332 g/mol. The summed E-state index contributed by atoms with van der Waals surface area (Å²) in [7, 11) is 0. The summed E-state index contributed by atoms with van der Waals surface area (Å²) in [4.78, 5) is 16.7. The molecule has 1 aromatic carbocycles. The third kappa shape index (κ3) is 5.21. The van der Waals surface area contributed by atoms with Crippen LogP contribution in [-0.2, 0) is 9.53 Å². The number of hydrogen-bond acceptors (Lipinski definition) is 4. The molecule has 2 fully saturated rings. The number of nitrogens with zero attached hydrogens (tertiary/aromatic N) is 2. The number of ether oxygens (including phenoxy) is 2. The average Bonchev–Trinajstić information content (AvgIpc) is 3.15. The number of hydrogen-bond donors (Lipinski definition) is 0. The molecule has 2 heterocycles. The van der Waals surface area contributed by atoms with E-state index in [-0.39, 0.29) is 5.91 Å². The van der Waals surface area contributed by atoms with Crippen molar-refractivity contribution in [3.8, 4) is 5.75 Å². The maximum Gasteiger partial charge on any atom is 0.222 e. The van der Waals surface area contributed by atoms with Crippen molar-refractivity contribution in [3.63, 3.8) is 0 Å². The Bertz CT molecular complexity index is 495. The van der Waals surface area contributed by atoms with Crippen LogP contribution in [0.5, 0.6) is 5.75 Å². The van der Waals surface area contributed by atoms with E-state index in [4.69, 9.17) is 9.47 Å². The van der Waals surface area contributed by atoms with Crippen LogP contribution in [0.1, 0.15) is 25.7 Å². The zero-order chi connectivity index (χ0) is 16.6. The number of benzene rings is 1. The van der Waals surface area contributed by atoms with Crippen LogP contribution in [0.2, 0.25) is 0 Å². The number of carbonyl (C=O) groups is 1. The lowest BCUT2D eigenvalue weighted by molar-refractivity contribution is -0.133. The van der Waals surface area contributed by atoms with Crippen LogP contribution in [0.25, 0.3) is 0 Å². The largest absolute Gasteiger partial charge is 0.492 e. The fourth-order valence-electron chi connectivity index (χ4n) is 3.34. The zero-order valence-corrected chi connectivity index (χ0v) is 14.4. The van der Waals surface area contributed by atoms with Gasteiger partial charge in [-0.15, -0.1) is 0 Å². The molecule has 0 N–H and O–H groups in total. The van der Waals surface area contributed by atoms with Crippen molar-refractivity contribution in [3.05, 3.63) is 30.3 Å². The molecule has 1 amide bonds. The molecule has 3 rings (SSSR count). The lowest BCUT2D eigenvalue weighted by atomic mass is 10.1. The summed E-state index contributed by atoms with van der Waals surface area (Å²) in [5.41, 5.74) is 0. The highest BCUT2D eigenvalue weighted by atomic mass is 16.5. The zero-order valence-electron chi connectivity index (χ0n) is 14.4. The van der Waals surface area contributed by atoms with Gasteiger partial charge in [0.15, 0.2) is 0 Å². The molecule has 0 saturated carbocycles. The van der Waals surface area contributed by atoms with Crippen molar-refractivity contribution in [1.29, 1.82) is 0 Å². The Morgan fingerprint density at radius 3 is 2.67 bits per heavy atom. The van der Waals surface area contributed by atoms with Crippen molar-refractivity contribution < 1.29 is 14.3 Å². The van der Waals surface area contributed by atoms with E-state index in [0.29, 0.717) is 19.1 Å². The Kier molecular flexibility index (Phi) is 6.49. The molecular weight excluding hydrogens is 304 g/mol. The summed E-state index contributed by atoms with van der Waals surface area (Å²) in [5, 5.41) is 0. The lowest BCUT2D eigenvalue weighted by Gasteiger charge is -2.34. The number of amides is 1. The Morgan fingerprint density at radius 2 is 1.96 bits per heavy atom. The predicted octanol–water partition coefficient (Wildman–Crippen LogP) is 2.17. The van der Waals surface area contributed by atoms with Gasteiger partial charge < -0.3 is 14.4 Å². The van der Waals surface area contributed by atoms with Gasteiger partial charge in [0.25, 0.3) is 0 Å². The maximum atomic E-state index is 12.3. The van der Waals surface area contributed by atoms with Crippen LogP contribution in [0.15, 0.2) is 30.3 Å². The van der Waals surface area contributed by atoms with Crippen LogP contribution in [0.4, 0.5) is 0 Å². The van der Waals surface area contributed by atoms with Crippen LogP contribution in [-0.4, -0.2) is 67.7 Å². The van der Waals surface area contributed by atoms with Gasteiger partial charge in [0.05, 0.1) is 6.10 Å². The molecule has 1 atom stereocenters. The van der Waals surface area contributed by atoms with Crippen molar-refractivity contribution in [2.45, 2.75) is 31.8 Å². The standard InChI is InChI=1S/C19H28N2O3/c22-19(9-8-18-7-4-15-23-18)21-12-10-20(11-13-21)14-16-24-17-5-2-1-3-6-17/h1-3,5-6,18H,4,7-16H2. The predicted molar refractivity (Wildman–Crippen MR) is 93.2 cm³/mol. The second-order valence-corrected chi connectivity index (χ2v) is 6.56. The molecule has 0 bridgehead atoms. The van der Waals surface area contributed by atoms with Gasteiger partial charge in [0.1, 0.15) is 12.4 Å². The smallest absolute Gasteiger partial charge is 0.222 e. The molecule has 0 spiro atoms. The van der Waals surface area contributed by atoms with Gasteiger partial charge in [-0.1, -0.05) is 18.2 Å². The quantitative estimate of drug-likeness (QED) is 0.767. The topological polar surface area (TPSA) is 42.0 Å². The molecule has 2 saturated heterocycles. The fourth-order valence-corrected chi connectivity index (χ4v) is 3.34. The highest BCUT2D eigenvalue weighted by Gasteiger charge is 2.23. The molecular formula is C19H28N2O3. The molecule has 24 heavy (non-hydrogen) atoms. The Morgan fingerprint density at radius 1 is 1.17 bits per heavy atom. The monoisotopic (exact) mass is 332 g/mol. The highest BCUT2D eigenvalue weighted by molar-refractivity contribution is 5.76. The molecule has 0 radical (unpaired) electrons. The molecule has 5 heteroatoms. The van der Waals surface area contributed by atoms with E-state index in [9.17, 15) is 4.79 Å². The molecule has 0 aromatic heterocycles. The Balaban J connectivity index is 1.29. The van der Waals surface area contributed by atoms with Crippen LogP contribution < -0.4 is 4.74 Å². The number of rotatable bonds is 7. The number of carbonyl (C=O) groups excluding carboxylic acids is 1. The number of para-hydroxylation sites is 1. The summed E-state index contributed by atoms with van der Waals surface area (Å²) in [5.74, 6) is 1.20. The first-order chi connectivity index (χ1) is 11.8. The molecule has 0 aliphatic carbocycles. The second kappa shape index (κ2) is 9.04. The summed E-state index contributed by atoms with van der Waals surface area (Å²) >= 11 is 0. The van der Waals surface area contributed by atoms with Gasteiger partial charge in [-0.2, -0.15) is 0 Å². The van der Waals surface area contributed by atoms with Gasteiger partial charge in [0.2, 0.25) is 5.91 Å². The fraction of sp³-hybridized carbons (Fsp3) is 0.632. The van der Waals surface area contributed by atoms with E-state index in [0.717, 1.165) is 64.3 Å². The number of piperazine rings is 1. The first-order valence-corrected chi connectivity index (χ1v) is 9.11. The van der Waals surface area contributed by atoms with Crippen molar-refractivity contribution in [2.75, 3.05) is 45.9 Å². The first kappa shape index (κ1) is 17.2. The Labute approximate surface area is 144 Å². The highest BCUT2D eigenvalue weighted by Crippen LogP contribution is 2.17. The van der Waals surface area contributed by atoms with E-state index in [1.165, 1.54) is 0 Å². The SMILES string of the molecule is O=C(CCC1CCCO1)N1CCN(CCOc2ccccc2)CC1. The van der Waals surface area contributed by atoms with Gasteiger partial charge in [-0.25, -0.2) is 0 Å². The third-order valence-corrected chi connectivity index (χ3v) is 4.85. The summed E-state index contributed by atoms with van der Waals surface area (Å²) in [6.45, 7) is 5.99. The van der Waals surface area contributed by atoms with E-state index in [1.807, 2.05) is 35.2 Å². The van der Waals surface area contributed by atoms with Crippen molar-refractivity contribution in [2.24, 2.45) is 0 Å². The van der Waals surface area contributed by atoms with E-state index < -0.39 is 0 Å². The summed E-state index contributed by atoms with van der Waals surface area (Å²) in [6, 6.07) is 9.91. The minimum Gasteiger partial charge on any atom is -0.492 e. The van der Waals surface area contributed by atoms with Gasteiger partial charge in [-0.05, 0) is 31.4 Å².